The Morgan fingerprint density at radius 1 is 0.800 bits per heavy atom. The van der Waals surface area contributed by atoms with Crippen molar-refractivity contribution in [2.45, 2.75) is 6.92 Å². The SMILES string of the molecule is Bc1ccc(Oc2ccc(C)cc2)cc1. The highest BCUT2D eigenvalue weighted by molar-refractivity contribution is 6.32. The summed E-state index contributed by atoms with van der Waals surface area (Å²) >= 11 is 0. The minimum atomic E-state index is 0.879. The van der Waals surface area contributed by atoms with Crippen molar-refractivity contribution in [2.24, 2.45) is 0 Å². The van der Waals surface area contributed by atoms with Gasteiger partial charge in [-0.1, -0.05) is 35.3 Å². The maximum Gasteiger partial charge on any atom is 0.139 e. The molecule has 2 aromatic carbocycles. The minimum absolute atomic E-state index is 0.879. The first-order chi connectivity index (χ1) is 7.24. The maximum absolute atomic E-state index is 5.69. The van der Waals surface area contributed by atoms with Crippen LogP contribution in [-0.2, 0) is 0 Å². The van der Waals surface area contributed by atoms with Crippen LogP contribution in [0, 0.1) is 6.92 Å². The van der Waals surface area contributed by atoms with Gasteiger partial charge in [0.25, 0.3) is 0 Å². The van der Waals surface area contributed by atoms with Gasteiger partial charge in [0.2, 0.25) is 0 Å². The Morgan fingerprint density at radius 2 is 1.27 bits per heavy atom. The van der Waals surface area contributed by atoms with Crippen LogP contribution in [-0.4, -0.2) is 7.85 Å². The van der Waals surface area contributed by atoms with E-state index in [1.54, 1.807) is 0 Å². The van der Waals surface area contributed by atoms with E-state index in [1.165, 1.54) is 11.0 Å². The summed E-state index contributed by atoms with van der Waals surface area (Å²) in [5.74, 6) is 1.76. The summed E-state index contributed by atoms with van der Waals surface area (Å²) in [5, 5.41) is 0. The predicted molar refractivity (Wildman–Crippen MR) is 65.9 cm³/mol. The summed E-state index contributed by atoms with van der Waals surface area (Å²) in [6.07, 6.45) is 0. The van der Waals surface area contributed by atoms with Gasteiger partial charge in [-0.25, -0.2) is 0 Å². The second-order valence-corrected chi connectivity index (χ2v) is 3.73. The smallest absolute Gasteiger partial charge is 0.139 e. The Kier molecular flexibility index (Phi) is 2.77. The van der Waals surface area contributed by atoms with E-state index >= 15 is 0 Å². The van der Waals surface area contributed by atoms with Crippen LogP contribution < -0.4 is 10.2 Å². The fourth-order valence-electron chi connectivity index (χ4n) is 1.35. The Labute approximate surface area is 91.1 Å². The van der Waals surface area contributed by atoms with Gasteiger partial charge in [-0.05, 0) is 31.2 Å². The van der Waals surface area contributed by atoms with Crippen LogP contribution in [0.3, 0.4) is 0 Å². The molecule has 0 spiro atoms. The van der Waals surface area contributed by atoms with Gasteiger partial charge in [0, 0.05) is 0 Å². The first kappa shape index (κ1) is 9.84. The topological polar surface area (TPSA) is 9.23 Å². The van der Waals surface area contributed by atoms with Gasteiger partial charge in [-0.2, -0.15) is 0 Å². The molecule has 15 heavy (non-hydrogen) atoms. The molecule has 0 radical (unpaired) electrons. The van der Waals surface area contributed by atoms with Crippen LogP contribution in [0.25, 0.3) is 0 Å². The van der Waals surface area contributed by atoms with Crippen LogP contribution in [0.4, 0.5) is 0 Å². The summed E-state index contributed by atoms with van der Waals surface area (Å²) < 4.78 is 5.69. The molecule has 0 aliphatic heterocycles. The molecular weight excluding hydrogens is 183 g/mol. The summed E-state index contributed by atoms with van der Waals surface area (Å²) in [6.45, 7) is 2.07. The van der Waals surface area contributed by atoms with Crippen LogP contribution in [0.2, 0.25) is 0 Å². The number of hydrogen-bond donors (Lipinski definition) is 0. The zero-order valence-electron chi connectivity index (χ0n) is 9.03. The highest BCUT2D eigenvalue weighted by Gasteiger charge is 1.95. The van der Waals surface area contributed by atoms with Gasteiger partial charge in [0.1, 0.15) is 19.3 Å². The average Bonchev–Trinajstić information content (AvgIpc) is 2.25. The zero-order chi connectivity index (χ0) is 10.7. The fourth-order valence-corrected chi connectivity index (χ4v) is 1.35. The molecule has 0 atom stereocenters. The van der Waals surface area contributed by atoms with Crippen molar-refractivity contribution in [3.05, 3.63) is 54.1 Å². The van der Waals surface area contributed by atoms with Gasteiger partial charge in [-0.15, -0.1) is 0 Å². The third-order valence-corrected chi connectivity index (χ3v) is 2.28. The lowest BCUT2D eigenvalue weighted by Crippen LogP contribution is -1.99. The molecule has 2 aromatic rings. The van der Waals surface area contributed by atoms with Crippen LogP contribution in [0.5, 0.6) is 11.5 Å². The van der Waals surface area contributed by atoms with Gasteiger partial charge >= 0.3 is 0 Å². The van der Waals surface area contributed by atoms with E-state index in [-0.39, 0.29) is 0 Å². The molecule has 2 heteroatoms. The second-order valence-electron chi connectivity index (χ2n) is 3.73. The van der Waals surface area contributed by atoms with Crippen molar-refractivity contribution < 1.29 is 4.74 Å². The minimum Gasteiger partial charge on any atom is -0.457 e. The van der Waals surface area contributed by atoms with Gasteiger partial charge < -0.3 is 4.74 Å². The molecule has 0 fully saturated rings. The Balaban J connectivity index is 2.15. The number of ether oxygens (including phenoxy) is 1. The normalized spacial score (nSPS) is 9.93. The van der Waals surface area contributed by atoms with Gasteiger partial charge in [-0.3, -0.25) is 0 Å². The van der Waals surface area contributed by atoms with E-state index in [1.807, 2.05) is 48.5 Å². The lowest BCUT2D eigenvalue weighted by atomic mass is 9.97. The molecule has 0 aliphatic rings. The molecule has 0 bridgehead atoms. The Hall–Kier alpha value is -1.70. The van der Waals surface area contributed by atoms with Crippen LogP contribution in [0.15, 0.2) is 48.5 Å². The van der Waals surface area contributed by atoms with Crippen molar-refractivity contribution >= 4 is 13.3 Å². The number of benzene rings is 2. The molecule has 0 aliphatic carbocycles. The van der Waals surface area contributed by atoms with Crippen molar-refractivity contribution in [1.82, 2.24) is 0 Å². The third-order valence-electron chi connectivity index (χ3n) is 2.28. The predicted octanol–water partition coefficient (Wildman–Crippen LogP) is 2.05. The van der Waals surface area contributed by atoms with Crippen molar-refractivity contribution in [2.75, 3.05) is 0 Å². The molecule has 0 saturated heterocycles. The van der Waals surface area contributed by atoms with E-state index in [2.05, 4.69) is 14.8 Å². The summed E-state index contributed by atoms with van der Waals surface area (Å²) in [6, 6.07) is 16.1. The summed E-state index contributed by atoms with van der Waals surface area (Å²) in [5.41, 5.74) is 2.48. The standard InChI is InChI=1S/C13H13BO/c1-10-2-6-12(7-3-10)15-13-8-4-11(14)5-9-13/h2-9H,14H2,1H3. The van der Waals surface area contributed by atoms with Crippen LogP contribution >= 0.6 is 0 Å². The largest absolute Gasteiger partial charge is 0.457 e. The lowest BCUT2D eigenvalue weighted by molar-refractivity contribution is 0.482. The van der Waals surface area contributed by atoms with E-state index in [0.29, 0.717) is 0 Å². The number of rotatable bonds is 2. The lowest BCUT2D eigenvalue weighted by Gasteiger charge is -2.05. The molecule has 0 amide bonds. The molecule has 74 valence electrons. The van der Waals surface area contributed by atoms with Crippen molar-refractivity contribution in [1.29, 1.82) is 0 Å². The average molecular weight is 196 g/mol. The van der Waals surface area contributed by atoms with Gasteiger partial charge in [0.05, 0.1) is 0 Å². The Morgan fingerprint density at radius 3 is 1.80 bits per heavy atom. The molecule has 1 nitrogen and oxygen atoms in total. The van der Waals surface area contributed by atoms with Crippen LogP contribution in [0.1, 0.15) is 5.56 Å². The van der Waals surface area contributed by atoms with Gasteiger partial charge in [0.15, 0.2) is 0 Å². The molecule has 0 heterocycles. The highest BCUT2D eigenvalue weighted by atomic mass is 16.5. The van der Waals surface area contributed by atoms with E-state index in [9.17, 15) is 0 Å². The van der Waals surface area contributed by atoms with E-state index < -0.39 is 0 Å². The molecule has 0 N–H and O–H groups in total. The third kappa shape index (κ3) is 2.63. The summed E-state index contributed by atoms with van der Waals surface area (Å²) in [4.78, 5) is 0. The highest BCUT2D eigenvalue weighted by Crippen LogP contribution is 2.20. The maximum atomic E-state index is 5.69. The molecule has 0 saturated carbocycles. The monoisotopic (exact) mass is 196 g/mol. The molecule has 0 unspecified atom stereocenters. The zero-order valence-corrected chi connectivity index (χ0v) is 9.03. The van der Waals surface area contributed by atoms with Crippen molar-refractivity contribution in [3.8, 4) is 11.5 Å². The molecule has 2 rings (SSSR count). The molecule has 0 aromatic heterocycles. The molecular formula is C13H13BO. The summed E-state index contributed by atoms with van der Waals surface area (Å²) in [7, 11) is 2.07. The number of hydrogen-bond acceptors (Lipinski definition) is 1. The quantitative estimate of drug-likeness (QED) is 0.668. The number of aryl methyl sites for hydroxylation is 1. The van der Waals surface area contributed by atoms with Crippen molar-refractivity contribution in [3.63, 3.8) is 0 Å². The first-order valence-electron chi connectivity index (χ1n) is 5.05. The fraction of sp³-hybridized carbons (Fsp3) is 0.0769. The second kappa shape index (κ2) is 4.22. The van der Waals surface area contributed by atoms with E-state index in [0.717, 1.165) is 11.5 Å². The van der Waals surface area contributed by atoms with E-state index in [4.69, 9.17) is 4.74 Å². The Bertz CT molecular complexity index is 388. The first-order valence-corrected chi connectivity index (χ1v) is 5.05.